The van der Waals surface area contributed by atoms with Crippen molar-refractivity contribution in [2.45, 2.75) is 12.7 Å². The van der Waals surface area contributed by atoms with E-state index in [1.165, 1.54) is 0 Å². The van der Waals surface area contributed by atoms with Gasteiger partial charge in [0.05, 0.1) is 17.2 Å². The molecule has 100 valence electrons. The Kier molecular flexibility index (Phi) is 4.27. The van der Waals surface area contributed by atoms with Gasteiger partial charge in [0.15, 0.2) is 0 Å². The minimum Gasteiger partial charge on any atom is -0.481 e. The molecule has 0 aliphatic heterocycles. The van der Waals surface area contributed by atoms with Gasteiger partial charge in [-0.05, 0) is 11.6 Å². The SMILES string of the molecule is CC(CS(=O)Cc1cccc2cccnc12)C(=O)O. The van der Waals surface area contributed by atoms with Crippen molar-refractivity contribution in [3.05, 3.63) is 42.1 Å². The lowest BCUT2D eigenvalue weighted by molar-refractivity contribution is -0.140. The summed E-state index contributed by atoms with van der Waals surface area (Å²) in [6.45, 7) is 1.57. The second-order valence-electron chi connectivity index (χ2n) is 4.48. The maximum atomic E-state index is 12.0. The van der Waals surface area contributed by atoms with Crippen molar-refractivity contribution < 1.29 is 14.1 Å². The van der Waals surface area contributed by atoms with Gasteiger partial charge in [-0.2, -0.15) is 0 Å². The zero-order valence-corrected chi connectivity index (χ0v) is 11.4. The number of pyridine rings is 1. The Morgan fingerprint density at radius 1 is 1.37 bits per heavy atom. The van der Waals surface area contributed by atoms with E-state index in [4.69, 9.17) is 5.11 Å². The van der Waals surface area contributed by atoms with Crippen molar-refractivity contribution in [3.63, 3.8) is 0 Å². The number of hydrogen-bond donors (Lipinski definition) is 1. The highest BCUT2D eigenvalue weighted by Crippen LogP contribution is 2.18. The average molecular weight is 277 g/mol. The molecule has 2 atom stereocenters. The van der Waals surface area contributed by atoms with E-state index in [-0.39, 0.29) is 5.75 Å². The first-order chi connectivity index (χ1) is 9.08. The number of hydrogen-bond acceptors (Lipinski definition) is 3. The maximum absolute atomic E-state index is 12.0. The number of nitrogens with zero attached hydrogens (tertiary/aromatic N) is 1. The molecule has 0 spiro atoms. The first kappa shape index (κ1) is 13.7. The van der Waals surface area contributed by atoms with Gasteiger partial charge in [0.25, 0.3) is 0 Å². The number of benzene rings is 1. The van der Waals surface area contributed by atoms with Crippen LogP contribution in [0.4, 0.5) is 0 Å². The predicted octanol–water partition coefficient (Wildman–Crippen LogP) is 2.20. The second-order valence-corrected chi connectivity index (χ2v) is 5.98. The normalized spacial score (nSPS) is 14.2. The summed E-state index contributed by atoms with van der Waals surface area (Å²) in [5, 5.41) is 9.82. The summed E-state index contributed by atoms with van der Waals surface area (Å²) in [6.07, 6.45) is 1.70. The number of carboxylic acid groups (broad SMARTS) is 1. The van der Waals surface area contributed by atoms with Gasteiger partial charge in [0, 0.05) is 28.1 Å². The van der Waals surface area contributed by atoms with Crippen LogP contribution < -0.4 is 0 Å². The number of carboxylic acids is 1. The Morgan fingerprint density at radius 2 is 2.11 bits per heavy atom. The van der Waals surface area contributed by atoms with E-state index in [2.05, 4.69) is 4.98 Å². The summed E-state index contributed by atoms with van der Waals surface area (Å²) >= 11 is 0. The number of rotatable bonds is 5. The van der Waals surface area contributed by atoms with E-state index in [1.807, 2.05) is 30.3 Å². The molecule has 1 aromatic carbocycles. The fourth-order valence-electron chi connectivity index (χ4n) is 1.87. The molecule has 0 bridgehead atoms. The molecule has 0 aliphatic carbocycles. The molecule has 1 heterocycles. The molecule has 0 aliphatic rings. The van der Waals surface area contributed by atoms with Gasteiger partial charge in [0.2, 0.25) is 0 Å². The molecule has 4 nitrogen and oxygen atoms in total. The lowest BCUT2D eigenvalue weighted by Crippen LogP contribution is -2.18. The van der Waals surface area contributed by atoms with E-state index < -0.39 is 22.7 Å². The number of para-hydroxylation sites is 1. The van der Waals surface area contributed by atoms with Crippen LogP contribution in [0.15, 0.2) is 36.5 Å². The highest BCUT2D eigenvalue weighted by molar-refractivity contribution is 7.84. The molecule has 5 heteroatoms. The number of fused-ring (bicyclic) bond motifs is 1. The number of carbonyl (C=O) groups is 1. The summed E-state index contributed by atoms with van der Waals surface area (Å²) in [6, 6.07) is 9.55. The summed E-state index contributed by atoms with van der Waals surface area (Å²) in [5.74, 6) is -1.00. The van der Waals surface area contributed by atoms with Crippen molar-refractivity contribution in [1.29, 1.82) is 0 Å². The van der Waals surface area contributed by atoms with Gasteiger partial charge < -0.3 is 5.11 Å². The van der Waals surface area contributed by atoms with Gasteiger partial charge in [-0.15, -0.1) is 0 Å². The van der Waals surface area contributed by atoms with E-state index in [0.717, 1.165) is 16.5 Å². The second kappa shape index (κ2) is 5.93. The van der Waals surface area contributed by atoms with Crippen LogP contribution in [0.1, 0.15) is 12.5 Å². The fourth-order valence-corrected chi connectivity index (χ4v) is 3.26. The Bertz CT molecular complexity index is 622. The van der Waals surface area contributed by atoms with Crippen LogP contribution in [0.3, 0.4) is 0 Å². The summed E-state index contributed by atoms with van der Waals surface area (Å²) < 4.78 is 12.0. The van der Waals surface area contributed by atoms with Crippen LogP contribution in [0, 0.1) is 5.92 Å². The fraction of sp³-hybridized carbons (Fsp3) is 0.286. The largest absolute Gasteiger partial charge is 0.481 e. The van der Waals surface area contributed by atoms with Gasteiger partial charge >= 0.3 is 5.97 Å². The molecule has 1 N–H and O–H groups in total. The molecule has 2 rings (SSSR count). The Morgan fingerprint density at radius 3 is 2.84 bits per heavy atom. The van der Waals surface area contributed by atoms with E-state index in [0.29, 0.717) is 5.75 Å². The molecule has 0 amide bonds. The van der Waals surface area contributed by atoms with Crippen molar-refractivity contribution in [2.24, 2.45) is 5.92 Å². The lowest BCUT2D eigenvalue weighted by Gasteiger charge is -2.08. The Labute approximate surface area is 113 Å². The minimum absolute atomic E-state index is 0.165. The van der Waals surface area contributed by atoms with E-state index in [9.17, 15) is 9.00 Å². The van der Waals surface area contributed by atoms with Crippen molar-refractivity contribution in [3.8, 4) is 0 Å². The van der Waals surface area contributed by atoms with Crippen molar-refractivity contribution >= 4 is 27.7 Å². The molecule has 19 heavy (non-hydrogen) atoms. The van der Waals surface area contributed by atoms with Crippen LogP contribution in [0.25, 0.3) is 10.9 Å². The van der Waals surface area contributed by atoms with Crippen LogP contribution in [-0.4, -0.2) is 26.0 Å². The first-order valence-corrected chi connectivity index (χ1v) is 7.47. The van der Waals surface area contributed by atoms with E-state index in [1.54, 1.807) is 13.1 Å². The third-order valence-electron chi connectivity index (χ3n) is 2.89. The smallest absolute Gasteiger partial charge is 0.307 e. The summed E-state index contributed by atoms with van der Waals surface area (Å²) in [7, 11) is -1.20. The van der Waals surface area contributed by atoms with Crippen LogP contribution in [0.5, 0.6) is 0 Å². The monoisotopic (exact) mass is 277 g/mol. The van der Waals surface area contributed by atoms with Crippen molar-refractivity contribution in [1.82, 2.24) is 4.98 Å². The zero-order chi connectivity index (χ0) is 13.8. The average Bonchev–Trinajstić information content (AvgIpc) is 2.39. The quantitative estimate of drug-likeness (QED) is 0.909. The highest BCUT2D eigenvalue weighted by atomic mass is 32.2. The van der Waals surface area contributed by atoms with E-state index >= 15 is 0 Å². The minimum atomic E-state index is -1.20. The molecular formula is C14H15NO3S. The molecule has 0 saturated carbocycles. The topological polar surface area (TPSA) is 67.3 Å². The maximum Gasteiger partial charge on any atom is 0.307 e. The first-order valence-electron chi connectivity index (χ1n) is 5.98. The Hall–Kier alpha value is -1.75. The molecule has 2 aromatic rings. The summed E-state index contributed by atoms with van der Waals surface area (Å²) in [5.41, 5.74) is 1.73. The summed E-state index contributed by atoms with van der Waals surface area (Å²) in [4.78, 5) is 15.1. The number of aliphatic carboxylic acids is 1. The van der Waals surface area contributed by atoms with Crippen LogP contribution in [0.2, 0.25) is 0 Å². The van der Waals surface area contributed by atoms with Gasteiger partial charge in [-0.1, -0.05) is 31.2 Å². The molecule has 0 saturated heterocycles. The molecule has 0 radical (unpaired) electrons. The van der Waals surface area contributed by atoms with Gasteiger partial charge in [-0.25, -0.2) is 0 Å². The molecule has 1 aromatic heterocycles. The third kappa shape index (κ3) is 3.38. The third-order valence-corrected chi connectivity index (χ3v) is 4.39. The molecule has 0 fully saturated rings. The highest BCUT2D eigenvalue weighted by Gasteiger charge is 2.15. The zero-order valence-electron chi connectivity index (χ0n) is 10.6. The van der Waals surface area contributed by atoms with Crippen LogP contribution >= 0.6 is 0 Å². The Balaban J connectivity index is 2.17. The van der Waals surface area contributed by atoms with Crippen LogP contribution in [-0.2, 0) is 21.3 Å². The predicted molar refractivity (Wildman–Crippen MR) is 75.3 cm³/mol. The van der Waals surface area contributed by atoms with Gasteiger partial charge in [0.1, 0.15) is 0 Å². The molecular weight excluding hydrogens is 262 g/mol. The lowest BCUT2D eigenvalue weighted by atomic mass is 10.1. The number of aromatic nitrogens is 1. The van der Waals surface area contributed by atoms with Gasteiger partial charge in [-0.3, -0.25) is 14.0 Å². The molecule has 2 unspecified atom stereocenters. The van der Waals surface area contributed by atoms with Crippen molar-refractivity contribution in [2.75, 3.05) is 5.75 Å². The standard InChI is InChI=1S/C14H15NO3S/c1-10(14(16)17)8-19(18)9-12-5-2-4-11-6-3-7-15-13(11)12/h2-7,10H,8-9H2,1H3,(H,16,17).